The Bertz CT molecular complexity index is 104. The minimum Gasteiger partial charge on any atom is -0.396 e. The van der Waals surface area contributed by atoms with Crippen LogP contribution < -0.4 is 5.73 Å². The molecule has 0 aromatic rings. The second kappa shape index (κ2) is 8.25. The third-order valence-corrected chi connectivity index (χ3v) is 3.06. The highest BCUT2D eigenvalue weighted by atomic mass is 16.2. The molecule has 0 saturated heterocycles. The SMILES string of the molecule is CCCCC(C)(CCCN)CCCO. The van der Waals surface area contributed by atoms with Crippen LogP contribution in [0.25, 0.3) is 0 Å². The highest BCUT2D eigenvalue weighted by Gasteiger charge is 2.22. The molecule has 2 heteroatoms. The first-order valence-corrected chi connectivity index (χ1v) is 5.99. The van der Waals surface area contributed by atoms with Gasteiger partial charge in [0.2, 0.25) is 0 Å². The predicted molar refractivity (Wildman–Crippen MR) is 62.2 cm³/mol. The third-order valence-electron chi connectivity index (χ3n) is 3.06. The van der Waals surface area contributed by atoms with E-state index in [4.69, 9.17) is 10.8 Å². The molecule has 0 spiro atoms. The zero-order valence-corrected chi connectivity index (χ0v) is 9.89. The molecule has 1 unspecified atom stereocenters. The molecule has 0 heterocycles. The Balaban J connectivity index is 3.89. The smallest absolute Gasteiger partial charge is 0.0431 e. The van der Waals surface area contributed by atoms with E-state index in [1.165, 1.54) is 25.7 Å². The molecule has 86 valence electrons. The van der Waals surface area contributed by atoms with Gasteiger partial charge in [0.1, 0.15) is 0 Å². The normalized spacial score (nSPS) is 15.4. The Kier molecular flexibility index (Phi) is 8.20. The fourth-order valence-electron chi connectivity index (χ4n) is 2.01. The van der Waals surface area contributed by atoms with Gasteiger partial charge < -0.3 is 10.8 Å². The molecular formula is C12H27NO. The van der Waals surface area contributed by atoms with E-state index in [1.54, 1.807) is 0 Å². The van der Waals surface area contributed by atoms with Crippen molar-refractivity contribution in [2.75, 3.05) is 13.2 Å². The Morgan fingerprint density at radius 1 is 1.07 bits per heavy atom. The van der Waals surface area contributed by atoms with Crippen LogP contribution in [-0.2, 0) is 0 Å². The molecule has 0 fully saturated rings. The van der Waals surface area contributed by atoms with Crippen molar-refractivity contribution in [1.29, 1.82) is 0 Å². The molecule has 0 aliphatic heterocycles. The van der Waals surface area contributed by atoms with E-state index < -0.39 is 0 Å². The number of aliphatic hydroxyl groups is 1. The molecule has 0 amide bonds. The van der Waals surface area contributed by atoms with Gasteiger partial charge in [0.05, 0.1) is 0 Å². The minimum atomic E-state index is 0.324. The van der Waals surface area contributed by atoms with Crippen molar-refractivity contribution in [2.24, 2.45) is 11.1 Å². The molecule has 0 radical (unpaired) electrons. The molecule has 2 nitrogen and oxygen atoms in total. The topological polar surface area (TPSA) is 46.2 Å². The van der Waals surface area contributed by atoms with Gasteiger partial charge in [-0.1, -0.05) is 26.7 Å². The highest BCUT2D eigenvalue weighted by Crippen LogP contribution is 2.34. The Morgan fingerprint density at radius 3 is 2.14 bits per heavy atom. The molecule has 14 heavy (non-hydrogen) atoms. The average Bonchev–Trinajstić information content (AvgIpc) is 2.21. The van der Waals surface area contributed by atoms with E-state index in [9.17, 15) is 0 Å². The second-order valence-electron chi connectivity index (χ2n) is 4.63. The van der Waals surface area contributed by atoms with Gasteiger partial charge in [0.25, 0.3) is 0 Å². The maximum absolute atomic E-state index is 8.86. The van der Waals surface area contributed by atoms with Gasteiger partial charge in [0, 0.05) is 6.61 Å². The summed E-state index contributed by atoms with van der Waals surface area (Å²) in [7, 11) is 0. The lowest BCUT2D eigenvalue weighted by molar-refractivity contribution is 0.198. The van der Waals surface area contributed by atoms with Crippen molar-refractivity contribution < 1.29 is 5.11 Å². The molecular weight excluding hydrogens is 174 g/mol. The quantitative estimate of drug-likeness (QED) is 0.602. The van der Waals surface area contributed by atoms with E-state index in [1.807, 2.05) is 0 Å². The van der Waals surface area contributed by atoms with Crippen LogP contribution in [0.3, 0.4) is 0 Å². The summed E-state index contributed by atoms with van der Waals surface area (Å²) in [4.78, 5) is 0. The van der Waals surface area contributed by atoms with Crippen molar-refractivity contribution in [3.05, 3.63) is 0 Å². The summed E-state index contributed by atoms with van der Waals surface area (Å²) in [5.41, 5.74) is 5.96. The zero-order chi connectivity index (χ0) is 10.9. The highest BCUT2D eigenvalue weighted by molar-refractivity contribution is 4.74. The maximum atomic E-state index is 8.86. The number of hydrogen-bond donors (Lipinski definition) is 2. The third kappa shape index (κ3) is 6.39. The van der Waals surface area contributed by atoms with Crippen molar-refractivity contribution in [1.82, 2.24) is 0 Å². The summed E-state index contributed by atoms with van der Waals surface area (Å²) in [6, 6.07) is 0. The Morgan fingerprint density at radius 2 is 1.64 bits per heavy atom. The summed E-state index contributed by atoms with van der Waals surface area (Å²) in [5, 5.41) is 8.86. The van der Waals surface area contributed by atoms with E-state index in [0.717, 1.165) is 25.8 Å². The fourth-order valence-corrected chi connectivity index (χ4v) is 2.01. The monoisotopic (exact) mass is 201 g/mol. The lowest BCUT2D eigenvalue weighted by Crippen LogP contribution is -2.18. The molecule has 0 aromatic heterocycles. The number of rotatable bonds is 9. The van der Waals surface area contributed by atoms with Crippen molar-refractivity contribution in [3.63, 3.8) is 0 Å². The van der Waals surface area contributed by atoms with Crippen LogP contribution >= 0.6 is 0 Å². The molecule has 0 saturated carbocycles. The van der Waals surface area contributed by atoms with E-state index in [0.29, 0.717) is 12.0 Å². The molecule has 0 aliphatic rings. The Hall–Kier alpha value is -0.0800. The van der Waals surface area contributed by atoms with Crippen molar-refractivity contribution >= 4 is 0 Å². The number of hydrogen-bond acceptors (Lipinski definition) is 2. The van der Waals surface area contributed by atoms with Crippen LogP contribution in [0.2, 0.25) is 0 Å². The fraction of sp³-hybridized carbons (Fsp3) is 1.00. The van der Waals surface area contributed by atoms with Gasteiger partial charge >= 0.3 is 0 Å². The zero-order valence-electron chi connectivity index (χ0n) is 9.89. The van der Waals surface area contributed by atoms with Gasteiger partial charge in [-0.15, -0.1) is 0 Å². The van der Waals surface area contributed by atoms with Gasteiger partial charge in [-0.2, -0.15) is 0 Å². The van der Waals surface area contributed by atoms with Crippen LogP contribution in [0.15, 0.2) is 0 Å². The number of unbranched alkanes of at least 4 members (excludes halogenated alkanes) is 1. The molecule has 0 bridgehead atoms. The van der Waals surface area contributed by atoms with Crippen LogP contribution in [0, 0.1) is 5.41 Å². The van der Waals surface area contributed by atoms with E-state index in [2.05, 4.69) is 13.8 Å². The van der Waals surface area contributed by atoms with Crippen LogP contribution in [0.1, 0.15) is 58.8 Å². The van der Waals surface area contributed by atoms with E-state index in [-0.39, 0.29) is 0 Å². The summed E-state index contributed by atoms with van der Waals surface area (Å²) in [6.45, 7) is 5.69. The first kappa shape index (κ1) is 13.9. The summed E-state index contributed by atoms with van der Waals surface area (Å²) in [6.07, 6.45) is 8.25. The van der Waals surface area contributed by atoms with Crippen molar-refractivity contribution in [3.8, 4) is 0 Å². The summed E-state index contributed by atoms with van der Waals surface area (Å²) in [5.74, 6) is 0. The van der Waals surface area contributed by atoms with Gasteiger partial charge in [-0.25, -0.2) is 0 Å². The summed E-state index contributed by atoms with van der Waals surface area (Å²) >= 11 is 0. The Labute approximate surface area is 88.9 Å². The van der Waals surface area contributed by atoms with Gasteiger partial charge in [-0.05, 0) is 44.1 Å². The van der Waals surface area contributed by atoms with Crippen molar-refractivity contribution in [2.45, 2.75) is 58.8 Å². The first-order chi connectivity index (χ1) is 6.68. The number of nitrogens with two attached hydrogens (primary N) is 1. The summed E-state index contributed by atoms with van der Waals surface area (Å²) < 4.78 is 0. The molecule has 0 aromatic carbocycles. The standard InChI is InChI=1S/C12H27NO/c1-3-4-7-12(2,8-5-10-13)9-6-11-14/h14H,3-11,13H2,1-2H3. The maximum Gasteiger partial charge on any atom is 0.0431 e. The lowest BCUT2D eigenvalue weighted by atomic mass is 9.77. The van der Waals surface area contributed by atoms with Crippen LogP contribution in [0.4, 0.5) is 0 Å². The lowest BCUT2D eigenvalue weighted by Gasteiger charge is -2.29. The van der Waals surface area contributed by atoms with Crippen LogP contribution in [-0.4, -0.2) is 18.3 Å². The van der Waals surface area contributed by atoms with Gasteiger partial charge in [-0.3, -0.25) is 0 Å². The molecule has 0 rings (SSSR count). The largest absolute Gasteiger partial charge is 0.396 e. The molecule has 3 N–H and O–H groups in total. The number of aliphatic hydroxyl groups excluding tert-OH is 1. The average molecular weight is 201 g/mol. The molecule has 0 aliphatic carbocycles. The molecule has 1 atom stereocenters. The first-order valence-electron chi connectivity index (χ1n) is 5.99. The van der Waals surface area contributed by atoms with Gasteiger partial charge in [0.15, 0.2) is 0 Å². The second-order valence-corrected chi connectivity index (χ2v) is 4.63. The predicted octanol–water partition coefficient (Wildman–Crippen LogP) is 2.69. The van der Waals surface area contributed by atoms with Crippen LogP contribution in [0.5, 0.6) is 0 Å². The minimum absolute atomic E-state index is 0.324. The van der Waals surface area contributed by atoms with E-state index >= 15 is 0 Å².